The Labute approximate surface area is 167 Å². The molecule has 4 nitrogen and oxygen atoms in total. The van der Waals surface area contributed by atoms with Gasteiger partial charge in [0.05, 0.1) is 5.02 Å². The first-order valence-electron chi connectivity index (χ1n) is 8.25. The SMILES string of the molecule is CCn1c(COc2ccc(Cl)cc2Cl)nnc1SCc1cccc(C)c1. The second-order valence-electron chi connectivity index (χ2n) is 5.78. The molecule has 0 atom stereocenters. The molecule has 0 bridgehead atoms. The molecule has 26 heavy (non-hydrogen) atoms. The van der Waals surface area contributed by atoms with E-state index in [1.165, 1.54) is 11.1 Å². The molecule has 0 unspecified atom stereocenters. The molecule has 1 heterocycles. The van der Waals surface area contributed by atoms with Crippen LogP contribution in [0.3, 0.4) is 0 Å². The summed E-state index contributed by atoms with van der Waals surface area (Å²) < 4.78 is 7.85. The van der Waals surface area contributed by atoms with Crippen molar-refractivity contribution in [1.29, 1.82) is 0 Å². The summed E-state index contributed by atoms with van der Waals surface area (Å²) in [7, 11) is 0. The number of ether oxygens (including phenoxy) is 1. The maximum Gasteiger partial charge on any atom is 0.191 e. The van der Waals surface area contributed by atoms with Gasteiger partial charge in [-0.25, -0.2) is 0 Å². The van der Waals surface area contributed by atoms with E-state index in [0.717, 1.165) is 23.3 Å². The fourth-order valence-electron chi connectivity index (χ4n) is 2.53. The maximum absolute atomic E-state index is 6.15. The molecular formula is C19H19Cl2N3OS. The van der Waals surface area contributed by atoms with E-state index in [2.05, 4.69) is 52.9 Å². The van der Waals surface area contributed by atoms with Crippen LogP contribution in [0.4, 0.5) is 0 Å². The number of aromatic nitrogens is 3. The van der Waals surface area contributed by atoms with E-state index < -0.39 is 0 Å². The van der Waals surface area contributed by atoms with Gasteiger partial charge in [0.2, 0.25) is 0 Å². The lowest BCUT2D eigenvalue weighted by molar-refractivity contribution is 0.288. The number of hydrogen-bond donors (Lipinski definition) is 0. The fourth-order valence-corrected chi connectivity index (χ4v) is 3.96. The minimum absolute atomic E-state index is 0.299. The molecule has 0 N–H and O–H groups in total. The van der Waals surface area contributed by atoms with Crippen molar-refractivity contribution >= 4 is 35.0 Å². The summed E-state index contributed by atoms with van der Waals surface area (Å²) in [6.07, 6.45) is 0. The second kappa shape index (κ2) is 8.80. The van der Waals surface area contributed by atoms with Crippen LogP contribution in [0, 0.1) is 6.92 Å². The van der Waals surface area contributed by atoms with Crippen LogP contribution in [0.15, 0.2) is 47.6 Å². The van der Waals surface area contributed by atoms with Gasteiger partial charge in [0.1, 0.15) is 12.4 Å². The van der Waals surface area contributed by atoms with Gasteiger partial charge in [0.25, 0.3) is 0 Å². The van der Waals surface area contributed by atoms with Gasteiger partial charge in [-0.3, -0.25) is 0 Å². The highest BCUT2D eigenvalue weighted by Gasteiger charge is 2.13. The molecule has 1 aromatic heterocycles. The average Bonchev–Trinajstić information content (AvgIpc) is 3.01. The van der Waals surface area contributed by atoms with Crippen LogP contribution in [0.1, 0.15) is 23.9 Å². The molecule has 0 aliphatic heterocycles. The maximum atomic E-state index is 6.15. The molecule has 0 fully saturated rings. The highest BCUT2D eigenvalue weighted by molar-refractivity contribution is 7.98. The lowest BCUT2D eigenvalue weighted by atomic mass is 10.2. The molecule has 2 aromatic carbocycles. The van der Waals surface area contributed by atoms with Gasteiger partial charge in [0.15, 0.2) is 11.0 Å². The Hall–Kier alpha value is -1.69. The first-order valence-corrected chi connectivity index (χ1v) is 9.99. The molecule has 3 rings (SSSR count). The van der Waals surface area contributed by atoms with Crippen molar-refractivity contribution in [3.63, 3.8) is 0 Å². The van der Waals surface area contributed by atoms with Gasteiger partial charge in [-0.2, -0.15) is 0 Å². The molecule has 3 aromatic rings. The lowest BCUT2D eigenvalue weighted by Crippen LogP contribution is -2.07. The monoisotopic (exact) mass is 407 g/mol. The van der Waals surface area contributed by atoms with Crippen molar-refractivity contribution in [3.05, 3.63) is 69.5 Å². The van der Waals surface area contributed by atoms with Gasteiger partial charge >= 0.3 is 0 Å². The summed E-state index contributed by atoms with van der Waals surface area (Å²) in [6.45, 7) is 5.24. The number of benzene rings is 2. The van der Waals surface area contributed by atoms with Crippen LogP contribution in [-0.2, 0) is 18.9 Å². The molecule has 0 aliphatic rings. The standard InChI is InChI=1S/C19H19Cl2N3OS/c1-3-24-18(11-25-17-8-7-15(20)10-16(17)21)22-23-19(24)26-12-14-6-4-5-13(2)9-14/h4-10H,3,11-12H2,1-2H3. The predicted octanol–water partition coefficient (Wildman–Crippen LogP) is 5.78. The van der Waals surface area contributed by atoms with Crippen molar-refractivity contribution in [2.24, 2.45) is 0 Å². The third kappa shape index (κ3) is 4.72. The Kier molecular flexibility index (Phi) is 6.46. The van der Waals surface area contributed by atoms with Gasteiger partial charge in [-0.05, 0) is 37.6 Å². The summed E-state index contributed by atoms with van der Waals surface area (Å²) in [4.78, 5) is 0. The van der Waals surface area contributed by atoms with Crippen LogP contribution < -0.4 is 4.74 Å². The Morgan fingerprint density at radius 2 is 1.96 bits per heavy atom. The van der Waals surface area contributed by atoms with E-state index in [9.17, 15) is 0 Å². The minimum Gasteiger partial charge on any atom is -0.484 e. The first-order chi connectivity index (χ1) is 12.6. The Morgan fingerprint density at radius 3 is 2.69 bits per heavy atom. The fraction of sp³-hybridized carbons (Fsp3) is 0.263. The smallest absolute Gasteiger partial charge is 0.191 e. The van der Waals surface area contributed by atoms with Crippen LogP contribution in [0.25, 0.3) is 0 Å². The topological polar surface area (TPSA) is 39.9 Å². The zero-order valence-electron chi connectivity index (χ0n) is 14.6. The van der Waals surface area contributed by atoms with Gasteiger partial charge < -0.3 is 9.30 Å². The highest BCUT2D eigenvalue weighted by atomic mass is 35.5. The zero-order chi connectivity index (χ0) is 18.5. The summed E-state index contributed by atoms with van der Waals surface area (Å²) in [5, 5.41) is 10.5. The van der Waals surface area contributed by atoms with Crippen molar-refractivity contribution in [3.8, 4) is 5.75 Å². The minimum atomic E-state index is 0.299. The lowest BCUT2D eigenvalue weighted by Gasteiger charge is -2.10. The molecular weight excluding hydrogens is 389 g/mol. The second-order valence-corrected chi connectivity index (χ2v) is 7.57. The Bertz CT molecular complexity index is 898. The zero-order valence-corrected chi connectivity index (χ0v) is 16.9. The number of hydrogen-bond acceptors (Lipinski definition) is 4. The molecule has 0 saturated carbocycles. The van der Waals surface area contributed by atoms with Crippen molar-refractivity contribution in [2.75, 3.05) is 0 Å². The van der Waals surface area contributed by atoms with Crippen molar-refractivity contribution in [1.82, 2.24) is 14.8 Å². The molecule has 7 heteroatoms. The average molecular weight is 408 g/mol. The van der Waals surface area contributed by atoms with Crippen molar-refractivity contribution in [2.45, 2.75) is 37.9 Å². The van der Waals surface area contributed by atoms with Crippen LogP contribution >= 0.6 is 35.0 Å². The molecule has 0 aliphatic carbocycles. The molecule has 0 radical (unpaired) electrons. The molecule has 0 spiro atoms. The third-order valence-corrected chi connectivity index (χ3v) is 5.38. The van der Waals surface area contributed by atoms with Crippen molar-refractivity contribution < 1.29 is 4.74 Å². The van der Waals surface area contributed by atoms with E-state index in [-0.39, 0.29) is 0 Å². The van der Waals surface area contributed by atoms with E-state index >= 15 is 0 Å². The van der Waals surface area contributed by atoms with E-state index in [1.54, 1.807) is 30.0 Å². The summed E-state index contributed by atoms with van der Waals surface area (Å²) in [5.74, 6) is 2.20. The number of rotatable bonds is 7. The van der Waals surface area contributed by atoms with Gasteiger partial charge in [-0.1, -0.05) is 64.8 Å². The summed E-state index contributed by atoms with van der Waals surface area (Å²) in [6, 6.07) is 13.6. The largest absolute Gasteiger partial charge is 0.484 e. The molecule has 0 saturated heterocycles. The number of halogens is 2. The van der Waals surface area contributed by atoms with Gasteiger partial charge in [0, 0.05) is 17.3 Å². The van der Waals surface area contributed by atoms with Gasteiger partial charge in [-0.15, -0.1) is 10.2 Å². The van der Waals surface area contributed by atoms with E-state index in [0.29, 0.717) is 22.4 Å². The quantitative estimate of drug-likeness (QED) is 0.465. The summed E-state index contributed by atoms with van der Waals surface area (Å²) in [5.41, 5.74) is 2.53. The normalized spacial score (nSPS) is 10.9. The van der Waals surface area contributed by atoms with E-state index in [4.69, 9.17) is 27.9 Å². The van der Waals surface area contributed by atoms with Crippen LogP contribution in [0.2, 0.25) is 10.0 Å². The number of thioether (sulfide) groups is 1. The predicted molar refractivity (Wildman–Crippen MR) is 107 cm³/mol. The highest BCUT2D eigenvalue weighted by Crippen LogP contribution is 2.28. The van der Waals surface area contributed by atoms with Crippen LogP contribution in [-0.4, -0.2) is 14.8 Å². The third-order valence-electron chi connectivity index (χ3n) is 3.81. The first kappa shape index (κ1) is 19.1. The van der Waals surface area contributed by atoms with E-state index in [1.807, 2.05) is 0 Å². The molecule has 0 amide bonds. The van der Waals surface area contributed by atoms with Crippen LogP contribution in [0.5, 0.6) is 5.75 Å². The summed E-state index contributed by atoms with van der Waals surface area (Å²) >= 11 is 13.7. The number of nitrogens with zero attached hydrogens (tertiary/aromatic N) is 3. The number of aryl methyl sites for hydroxylation is 1. The molecule has 136 valence electrons. The Balaban J connectivity index is 1.67. The Morgan fingerprint density at radius 1 is 1.12 bits per heavy atom.